The van der Waals surface area contributed by atoms with Crippen LogP contribution in [0, 0.1) is 11.8 Å². The molecule has 3 aliphatic heterocycles. The van der Waals surface area contributed by atoms with Crippen LogP contribution in [0.1, 0.15) is 24.1 Å². The van der Waals surface area contributed by atoms with Crippen LogP contribution in [0.15, 0.2) is 48.5 Å². The molecule has 6 rings (SSSR count). The summed E-state index contributed by atoms with van der Waals surface area (Å²) in [7, 11) is 0. The second kappa shape index (κ2) is 8.64. The smallest absolute Gasteiger partial charge is 0.0587 e. The van der Waals surface area contributed by atoms with E-state index in [0.29, 0.717) is 6.04 Å². The first-order valence-electron chi connectivity index (χ1n) is 12.1. The molecule has 32 heavy (non-hydrogen) atoms. The van der Waals surface area contributed by atoms with Crippen molar-refractivity contribution in [3.8, 4) is 11.1 Å². The van der Waals surface area contributed by atoms with Crippen LogP contribution >= 0.6 is 0 Å². The highest BCUT2D eigenvalue weighted by Gasteiger charge is 2.36. The average molecular weight is 432 g/mol. The Morgan fingerprint density at radius 3 is 2.66 bits per heavy atom. The lowest BCUT2D eigenvalue weighted by Crippen LogP contribution is -2.31. The van der Waals surface area contributed by atoms with Gasteiger partial charge in [0.25, 0.3) is 0 Å². The van der Waals surface area contributed by atoms with Crippen LogP contribution in [0.3, 0.4) is 0 Å². The monoisotopic (exact) mass is 431 g/mol. The number of nitrogens with one attached hydrogen (secondary N) is 1. The molecule has 0 radical (unpaired) electrons. The van der Waals surface area contributed by atoms with Crippen molar-refractivity contribution < 1.29 is 9.84 Å². The van der Waals surface area contributed by atoms with Crippen molar-refractivity contribution in [2.24, 2.45) is 11.8 Å². The number of hydrogen-bond acceptors (Lipinski definition) is 4. The molecule has 5 nitrogen and oxygen atoms in total. The molecule has 2 unspecified atom stereocenters. The fourth-order valence-electron chi connectivity index (χ4n) is 6.01. The lowest BCUT2D eigenvalue weighted by atomic mass is 10.0. The summed E-state index contributed by atoms with van der Waals surface area (Å²) < 4.78 is 5.63. The maximum atomic E-state index is 9.61. The third-order valence-electron chi connectivity index (χ3n) is 7.74. The van der Waals surface area contributed by atoms with E-state index in [1.54, 1.807) is 0 Å². The molecule has 4 heterocycles. The summed E-state index contributed by atoms with van der Waals surface area (Å²) in [6, 6.07) is 18.4. The zero-order chi connectivity index (χ0) is 21.5. The normalized spacial score (nSPS) is 26.3. The lowest BCUT2D eigenvalue weighted by molar-refractivity contribution is 0.152. The molecular weight excluding hydrogens is 398 g/mol. The van der Waals surface area contributed by atoms with Crippen LogP contribution < -0.4 is 0 Å². The van der Waals surface area contributed by atoms with Crippen LogP contribution in [-0.2, 0) is 17.8 Å². The standard InChI is InChI=1S/C27H33N3O2/c31-16-26-5-2-8-30(26)15-25-11-22-10-21(6-7-27(22)28-25)20-4-1-3-19(9-20)12-29-13-23-17-32-18-24(23)14-29/h1,3-4,6-7,9-11,23-24,26,28,31H,2,5,8,12-18H2/t23?,24?,26-/m1/s1. The van der Waals surface area contributed by atoms with E-state index in [1.807, 2.05) is 0 Å². The van der Waals surface area contributed by atoms with E-state index in [9.17, 15) is 5.11 Å². The molecule has 168 valence electrons. The van der Waals surface area contributed by atoms with Crippen molar-refractivity contribution in [2.75, 3.05) is 39.5 Å². The summed E-state index contributed by atoms with van der Waals surface area (Å²) in [5.41, 5.74) is 6.36. The highest BCUT2D eigenvalue weighted by Crippen LogP contribution is 2.31. The van der Waals surface area contributed by atoms with E-state index in [0.717, 1.165) is 51.1 Å². The van der Waals surface area contributed by atoms with E-state index in [1.165, 1.54) is 52.8 Å². The average Bonchev–Trinajstić information content (AvgIpc) is 3.57. The van der Waals surface area contributed by atoms with Gasteiger partial charge in [0.1, 0.15) is 0 Å². The summed E-state index contributed by atoms with van der Waals surface area (Å²) in [5.74, 6) is 1.47. The predicted molar refractivity (Wildman–Crippen MR) is 127 cm³/mol. The van der Waals surface area contributed by atoms with Crippen molar-refractivity contribution in [1.82, 2.24) is 14.8 Å². The largest absolute Gasteiger partial charge is 0.395 e. The minimum Gasteiger partial charge on any atom is -0.395 e. The van der Waals surface area contributed by atoms with E-state index >= 15 is 0 Å². The number of H-pyrrole nitrogens is 1. The molecule has 3 aromatic rings. The Hall–Kier alpha value is -2.18. The second-order valence-corrected chi connectivity index (χ2v) is 10.00. The first-order valence-corrected chi connectivity index (χ1v) is 12.1. The van der Waals surface area contributed by atoms with Crippen LogP contribution in [0.2, 0.25) is 0 Å². The zero-order valence-corrected chi connectivity index (χ0v) is 18.7. The number of aliphatic hydroxyl groups excluding tert-OH is 1. The Morgan fingerprint density at radius 1 is 0.969 bits per heavy atom. The quantitative estimate of drug-likeness (QED) is 0.622. The summed E-state index contributed by atoms with van der Waals surface area (Å²) >= 11 is 0. The van der Waals surface area contributed by atoms with Crippen molar-refractivity contribution in [3.05, 3.63) is 59.8 Å². The van der Waals surface area contributed by atoms with E-state index < -0.39 is 0 Å². The zero-order valence-electron chi connectivity index (χ0n) is 18.7. The molecule has 0 aliphatic carbocycles. The SMILES string of the molecule is OC[C@H]1CCCN1Cc1cc2cc(-c3cccc(CN4CC5COCC5C4)c3)ccc2[nH]1. The van der Waals surface area contributed by atoms with Gasteiger partial charge >= 0.3 is 0 Å². The Bertz CT molecular complexity index is 1080. The molecule has 0 amide bonds. The molecule has 3 saturated heterocycles. The molecule has 2 N–H and O–H groups in total. The van der Waals surface area contributed by atoms with Gasteiger partial charge in [-0.05, 0) is 60.3 Å². The number of likely N-dealkylation sites (tertiary alicyclic amines) is 2. The second-order valence-electron chi connectivity index (χ2n) is 10.00. The highest BCUT2D eigenvalue weighted by atomic mass is 16.5. The maximum Gasteiger partial charge on any atom is 0.0587 e. The van der Waals surface area contributed by atoms with Gasteiger partial charge in [-0.15, -0.1) is 0 Å². The molecule has 3 atom stereocenters. The van der Waals surface area contributed by atoms with Gasteiger partial charge in [-0.3, -0.25) is 9.80 Å². The van der Waals surface area contributed by atoms with Gasteiger partial charge in [-0.25, -0.2) is 0 Å². The van der Waals surface area contributed by atoms with Crippen LogP contribution in [0.25, 0.3) is 22.0 Å². The van der Waals surface area contributed by atoms with Crippen molar-refractivity contribution in [3.63, 3.8) is 0 Å². The number of hydrogen-bond donors (Lipinski definition) is 2. The van der Waals surface area contributed by atoms with Gasteiger partial charge in [0.05, 0.1) is 19.8 Å². The molecule has 5 heteroatoms. The molecule has 0 saturated carbocycles. The number of rotatable bonds is 6. The van der Waals surface area contributed by atoms with Crippen LogP contribution in [0.5, 0.6) is 0 Å². The summed E-state index contributed by atoms with van der Waals surface area (Å²) in [5, 5.41) is 10.9. The van der Waals surface area contributed by atoms with Crippen molar-refractivity contribution >= 4 is 10.9 Å². The molecule has 0 spiro atoms. The minimum absolute atomic E-state index is 0.257. The fraction of sp³-hybridized carbons (Fsp3) is 0.481. The number of aromatic nitrogens is 1. The number of fused-ring (bicyclic) bond motifs is 2. The Balaban J connectivity index is 1.18. The van der Waals surface area contributed by atoms with Crippen LogP contribution in [0.4, 0.5) is 0 Å². The van der Waals surface area contributed by atoms with Crippen LogP contribution in [-0.4, -0.2) is 65.4 Å². The predicted octanol–water partition coefficient (Wildman–Crippen LogP) is 3.87. The number of aliphatic hydroxyl groups is 1. The van der Waals surface area contributed by atoms with Crippen molar-refractivity contribution in [1.29, 1.82) is 0 Å². The molecule has 0 bridgehead atoms. The third kappa shape index (κ3) is 3.99. The minimum atomic E-state index is 0.257. The Kier molecular flexibility index (Phi) is 5.51. The Morgan fingerprint density at radius 2 is 1.81 bits per heavy atom. The summed E-state index contributed by atoms with van der Waals surface area (Å²) in [6.07, 6.45) is 2.28. The topological polar surface area (TPSA) is 51.7 Å². The van der Waals surface area contributed by atoms with Gasteiger partial charge in [0.15, 0.2) is 0 Å². The van der Waals surface area contributed by atoms with E-state index in [2.05, 4.69) is 63.3 Å². The first-order chi connectivity index (χ1) is 15.7. The number of nitrogens with zero attached hydrogens (tertiary/aromatic N) is 2. The first kappa shape index (κ1) is 20.4. The van der Waals surface area contributed by atoms with Gasteiger partial charge in [-0.2, -0.15) is 0 Å². The molecule has 3 fully saturated rings. The third-order valence-corrected chi connectivity index (χ3v) is 7.74. The molecular formula is C27H33N3O2. The van der Waals surface area contributed by atoms with Crippen molar-refractivity contribution in [2.45, 2.75) is 32.0 Å². The molecule has 1 aromatic heterocycles. The number of aromatic amines is 1. The van der Waals surface area contributed by atoms with Gasteiger partial charge in [-0.1, -0.05) is 24.3 Å². The maximum absolute atomic E-state index is 9.61. The van der Waals surface area contributed by atoms with Gasteiger partial charge in [0, 0.05) is 60.7 Å². The summed E-state index contributed by atoms with van der Waals surface area (Å²) in [6.45, 7) is 7.46. The Labute approximate surface area is 190 Å². The van der Waals surface area contributed by atoms with Gasteiger partial charge < -0.3 is 14.8 Å². The van der Waals surface area contributed by atoms with E-state index in [4.69, 9.17) is 4.74 Å². The molecule has 2 aromatic carbocycles. The van der Waals surface area contributed by atoms with Gasteiger partial charge in [0.2, 0.25) is 0 Å². The fourth-order valence-corrected chi connectivity index (χ4v) is 6.01. The lowest BCUT2D eigenvalue weighted by Gasteiger charge is -2.21. The summed E-state index contributed by atoms with van der Waals surface area (Å²) in [4.78, 5) is 8.57. The van der Waals surface area contributed by atoms with E-state index in [-0.39, 0.29) is 6.61 Å². The highest BCUT2D eigenvalue weighted by molar-refractivity contribution is 5.86. The number of ether oxygens (including phenoxy) is 1. The molecule has 3 aliphatic rings. The number of benzene rings is 2.